The van der Waals surface area contributed by atoms with Crippen molar-refractivity contribution in [2.45, 2.75) is 26.8 Å². The molecule has 0 fully saturated rings. The van der Waals surface area contributed by atoms with Crippen LogP contribution in [0.1, 0.15) is 23.7 Å². The van der Waals surface area contributed by atoms with E-state index in [4.69, 9.17) is 0 Å². The minimum atomic E-state index is 0.862. The van der Waals surface area contributed by atoms with Crippen molar-refractivity contribution in [2.24, 2.45) is 0 Å². The highest BCUT2D eigenvalue weighted by Gasteiger charge is 2.19. The molecular weight excluding hydrogens is 200 g/mol. The smallest absolute Gasteiger partial charge is 0.181 e. The Bertz CT molecular complexity index is 529. The summed E-state index contributed by atoms with van der Waals surface area (Å²) in [7, 11) is 0. The van der Waals surface area contributed by atoms with Gasteiger partial charge in [0, 0.05) is 30.4 Å². The normalized spacial score (nSPS) is 16.6. The number of H-pyrrole nitrogens is 1. The van der Waals surface area contributed by atoms with E-state index in [1.165, 1.54) is 16.5 Å². The number of aryl methyl sites for hydroxylation is 1. The summed E-state index contributed by atoms with van der Waals surface area (Å²) in [5.74, 6) is 0. The topological polar surface area (TPSA) is 44.8 Å². The van der Waals surface area contributed by atoms with E-state index in [1.54, 1.807) is 0 Å². The number of aromatic amines is 1. The largest absolute Gasteiger partial charge is 0.299 e. The van der Waals surface area contributed by atoms with Gasteiger partial charge >= 0.3 is 0 Å². The maximum absolute atomic E-state index is 4.42. The number of nitrogens with zero attached hydrogens (tertiary/aromatic N) is 3. The zero-order valence-electron chi connectivity index (χ0n) is 9.75. The standard InChI is InChI=1S/C12H16N4/c1-3-16-5-4-10-9(7-16)6-13-12-11(10)8(2)14-15-12/h6H,3-5,7H2,1-2H3,(H,13,14,15). The first-order valence-corrected chi connectivity index (χ1v) is 5.83. The van der Waals surface area contributed by atoms with Crippen LogP contribution in [0.4, 0.5) is 0 Å². The van der Waals surface area contributed by atoms with Crippen molar-refractivity contribution in [1.29, 1.82) is 0 Å². The second-order valence-corrected chi connectivity index (χ2v) is 4.43. The molecule has 0 radical (unpaired) electrons. The van der Waals surface area contributed by atoms with E-state index in [-0.39, 0.29) is 0 Å². The van der Waals surface area contributed by atoms with E-state index in [0.717, 1.165) is 37.4 Å². The van der Waals surface area contributed by atoms with Gasteiger partial charge in [-0.1, -0.05) is 6.92 Å². The maximum atomic E-state index is 4.42. The Balaban J connectivity index is 2.17. The summed E-state index contributed by atoms with van der Waals surface area (Å²) in [6.45, 7) is 7.57. The Labute approximate surface area is 94.7 Å². The van der Waals surface area contributed by atoms with Crippen LogP contribution in [0, 0.1) is 6.92 Å². The molecule has 0 saturated heterocycles. The number of hydrogen-bond donors (Lipinski definition) is 1. The van der Waals surface area contributed by atoms with Crippen molar-refractivity contribution < 1.29 is 0 Å². The zero-order valence-corrected chi connectivity index (χ0v) is 9.75. The number of nitrogens with one attached hydrogen (secondary N) is 1. The SMILES string of the molecule is CCN1CCc2c(cnc3n[nH]c(C)c23)C1. The highest BCUT2D eigenvalue weighted by Crippen LogP contribution is 2.26. The molecule has 2 aromatic heterocycles. The number of hydrogen-bond acceptors (Lipinski definition) is 3. The molecule has 1 aliphatic rings. The molecule has 0 unspecified atom stereocenters. The van der Waals surface area contributed by atoms with Gasteiger partial charge in [-0.25, -0.2) is 4.98 Å². The predicted octanol–water partition coefficient (Wildman–Crippen LogP) is 1.64. The Kier molecular flexibility index (Phi) is 2.17. The fraction of sp³-hybridized carbons (Fsp3) is 0.500. The minimum absolute atomic E-state index is 0.862. The Morgan fingerprint density at radius 2 is 2.38 bits per heavy atom. The molecule has 0 saturated carbocycles. The van der Waals surface area contributed by atoms with Gasteiger partial charge in [-0.2, -0.15) is 5.10 Å². The number of pyridine rings is 1. The van der Waals surface area contributed by atoms with Crippen molar-refractivity contribution in [1.82, 2.24) is 20.1 Å². The van der Waals surface area contributed by atoms with Crippen molar-refractivity contribution in [3.05, 3.63) is 23.0 Å². The molecule has 1 aliphatic heterocycles. The van der Waals surface area contributed by atoms with Crippen LogP contribution >= 0.6 is 0 Å². The Morgan fingerprint density at radius 1 is 1.50 bits per heavy atom. The van der Waals surface area contributed by atoms with Gasteiger partial charge in [0.25, 0.3) is 0 Å². The molecule has 0 bridgehead atoms. The molecule has 0 aromatic carbocycles. The van der Waals surface area contributed by atoms with Crippen LogP contribution in [0.5, 0.6) is 0 Å². The summed E-state index contributed by atoms with van der Waals surface area (Å²) in [5, 5.41) is 8.49. The maximum Gasteiger partial charge on any atom is 0.181 e. The van der Waals surface area contributed by atoms with Crippen LogP contribution in [0.25, 0.3) is 11.0 Å². The van der Waals surface area contributed by atoms with Gasteiger partial charge < -0.3 is 0 Å². The molecule has 0 aliphatic carbocycles. The van der Waals surface area contributed by atoms with Gasteiger partial charge in [-0.05, 0) is 31.0 Å². The third-order valence-corrected chi connectivity index (χ3v) is 3.48. The summed E-state index contributed by atoms with van der Waals surface area (Å²) in [4.78, 5) is 6.86. The first-order valence-electron chi connectivity index (χ1n) is 5.83. The lowest BCUT2D eigenvalue weighted by molar-refractivity contribution is 0.268. The van der Waals surface area contributed by atoms with Gasteiger partial charge in [0.15, 0.2) is 5.65 Å². The molecule has 4 heteroatoms. The molecule has 16 heavy (non-hydrogen) atoms. The molecule has 2 aromatic rings. The van der Waals surface area contributed by atoms with E-state index in [0.29, 0.717) is 0 Å². The fourth-order valence-corrected chi connectivity index (χ4v) is 2.53. The Morgan fingerprint density at radius 3 is 3.19 bits per heavy atom. The molecule has 1 N–H and O–H groups in total. The minimum Gasteiger partial charge on any atom is -0.299 e. The molecule has 0 amide bonds. The van der Waals surface area contributed by atoms with Crippen molar-refractivity contribution >= 4 is 11.0 Å². The van der Waals surface area contributed by atoms with Crippen LogP contribution in [-0.4, -0.2) is 33.2 Å². The summed E-state index contributed by atoms with van der Waals surface area (Å²) >= 11 is 0. The first-order chi connectivity index (χ1) is 7.79. The number of aromatic nitrogens is 3. The van der Waals surface area contributed by atoms with E-state index < -0.39 is 0 Å². The fourth-order valence-electron chi connectivity index (χ4n) is 2.53. The van der Waals surface area contributed by atoms with E-state index in [2.05, 4.69) is 33.9 Å². The van der Waals surface area contributed by atoms with Crippen molar-refractivity contribution in [3.8, 4) is 0 Å². The molecule has 84 valence electrons. The summed E-state index contributed by atoms with van der Waals surface area (Å²) in [5.41, 5.74) is 4.82. The first kappa shape index (κ1) is 9.78. The monoisotopic (exact) mass is 216 g/mol. The van der Waals surface area contributed by atoms with Crippen molar-refractivity contribution in [3.63, 3.8) is 0 Å². The van der Waals surface area contributed by atoms with Crippen LogP contribution in [0.2, 0.25) is 0 Å². The lowest BCUT2D eigenvalue weighted by Gasteiger charge is -2.27. The molecule has 3 rings (SSSR count). The molecule has 0 atom stereocenters. The molecular formula is C12H16N4. The van der Waals surface area contributed by atoms with Gasteiger partial charge in [0.05, 0.1) is 0 Å². The zero-order chi connectivity index (χ0) is 11.1. The average Bonchev–Trinajstić information content (AvgIpc) is 2.70. The van der Waals surface area contributed by atoms with Gasteiger partial charge in [-0.3, -0.25) is 10.00 Å². The highest BCUT2D eigenvalue weighted by molar-refractivity contribution is 5.82. The summed E-state index contributed by atoms with van der Waals surface area (Å²) in [6.07, 6.45) is 3.10. The van der Waals surface area contributed by atoms with Gasteiger partial charge in [0.1, 0.15) is 0 Å². The van der Waals surface area contributed by atoms with Crippen LogP contribution in [0.3, 0.4) is 0 Å². The number of fused-ring (bicyclic) bond motifs is 3. The van der Waals surface area contributed by atoms with E-state index in [9.17, 15) is 0 Å². The van der Waals surface area contributed by atoms with E-state index >= 15 is 0 Å². The summed E-state index contributed by atoms with van der Waals surface area (Å²) < 4.78 is 0. The van der Waals surface area contributed by atoms with E-state index in [1.807, 2.05) is 6.20 Å². The van der Waals surface area contributed by atoms with Gasteiger partial charge in [0.2, 0.25) is 0 Å². The van der Waals surface area contributed by atoms with Gasteiger partial charge in [-0.15, -0.1) is 0 Å². The number of likely N-dealkylation sites (N-methyl/N-ethyl adjacent to an activating group) is 1. The second-order valence-electron chi connectivity index (χ2n) is 4.43. The van der Waals surface area contributed by atoms with Crippen LogP contribution in [-0.2, 0) is 13.0 Å². The third kappa shape index (κ3) is 1.33. The van der Waals surface area contributed by atoms with Crippen LogP contribution < -0.4 is 0 Å². The third-order valence-electron chi connectivity index (χ3n) is 3.48. The highest BCUT2D eigenvalue weighted by atomic mass is 15.2. The Hall–Kier alpha value is -1.42. The summed E-state index contributed by atoms with van der Waals surface area (Å²) in [6, 6.07) is 0. The van der Waals surface area contributed by atoms with Crippen molar-refractivity contribution in [2.75, 3.05) is 13.1 Å². The quantitative estimate of drug-likeness (QED) is 0.788. The lowest BCUT2D eigenvalue weighted by Crippen LogP contribution is -2.30. The molecule has 4 nitrogen and oxygen atoms in total. The molecule has 0 spiro atoms. The van der Waals surface area contributed by atoms with Crippen LogP contribution in [0.15, 0.2) is 6.20 Å². The molecule has 3 heterocycles. The number of rotatable bonds is 1. The lowest BCUT2D eigenvalue weighted by atomic mass is 9.98. The second kappa shape index (κ2) is 3.56. The predicted molar refractivity (Wildman–Crippen MR) is 63.3 cm³/mol. The average molecular weight is 216 g/mol.